The van der Waals surface area contributed by atoms with Gasteiger partial charge in [-0.3, -0.25) is 14.4 Å². The number of carbonyl (C=O) groups is 3. The van der Waals surface area contributed by atoms with E-state index in [2.05, 4.69) is 15.8 Å². The molecule has 4 aromatic rings. The van der Waals surface area contributed by atoms with Gasteiger partial charge in [0.25, 0.3) is 17.7 Å². The van der Waals surface area contributed by atoms with Crippen LogP contribution in [0.25, 0.3) is 11.3 Å². The summed E-state index contributed by atoms with van der Waals surface area (Å²) in [7, 11) is 0. The minimum Gasteiger partial charge on any atom is -0.476 e. The third-order valence-corrected chi connectivity index (χ3v) is 8.71. The van der Waals surface area contributed by atoms with Crippen LogP contribution < -0.4 is 15.4 Å². The summed E-state index contributed by atoms with van der Waals surface area (Å²) in [6, 6.07) is 22.4. The van der Waals surface area contributed by atoms with Gasteiger partial charge in [0.2, 0.25) is 0 Å². The number of carbonyl (C=O) groups excluding carboxylic acids is 3. The number of hydrogen-bond donors (Lipinski definition) is 2. The Labute approximate surface area is 254 Å². The third-order valence-electron chi connectivity index (χ3n) is 8.71. The molecule has 10 heteroatoms. The van der Waals surface area contributed by atoms with Gasteiger partial charge in [-0.15, -0.1) is 0 Å². The molecule has 3 aromatic carbocycles. The maximum absolute atomic E-state index is 13.7. The molecule has 0 radical (unpaired) electrons. The first-order chi connectivity index (χ1) is 21.1. The SMILES string of the molecule is Cc1onc(-c2ccccc2)c1C(=O)N1CCC2(CC1)OC(C(=O)Nc1ccc3c(c1)NC(=O)C(C)(C)O3)c1ccccc12. The monoisotopic (exact) mass is 592 g/mol. The average molecular weight is 593 g/mol. The van der Waals surface area contributed by atoms with Crippen molar-refractivity contribution in [3.63, 3.8) is 0 Å². The normalized spacial score (nSPS) is 19.5. The topological polar surface area (TPSA) is 123 Å². The molecule has 1 fully saturated rings. The summed E-state index contributed by atoms with van der Waals surface area (Å²) < 4.78 is 17.9. The van der Waals surface area contributed by atoms with Crippen LogP contribution in [0.3, 0.4) is 0 Å². The molecule has 1 aromatic heterocycles. The smallest absolute Gasteiger partial charge is 0.268 e. The summed E-state index contributed by atoms with van der Waals surface area (Å²) >= 11 is 0. The number of aryl methyl sites for hydroxylation is 1. The van der Waals surface area contributed by atoms with Gasteiger partial charge in [-0.1, -0.05) is 59.8 Å². The number of benzene rings is 3. The van der Waals surface area contributed by atoms with E-state index < -0.39 is 17.3 Å². The lowest BCUT2D eigenvalue weighted by molar-refractivity contribution is -0.145. The Balaban J connectivity index is 1.08. The summed E-state index contributed by atoms with van der Waals surface area (Å²) in [5, 5.41) is 9.98. The Hall–Kier alpha value is -4.96. The van der Waals surface area contributed by atoms with Crippen LogP contribution in [0, 0.1) is 6.92 Å². The van der Waals surface area contributed by atoms with Crippen LogP contribution in [0.4, 0.5) is 11.4 Å². The molecule has 10 nitrogen and oxygen atoms in total. The molecule has 0 aliphatic carbocycles. The number of rotatable bonds is 4. The maximum atomic E-state index is 13.7. The second-order valence-electron chi connectivity index (χ2n) is 12.0. The lowest BCUT2D eigenvalue weighted by Gasteiger charge is -2.39. The van der Waals surface area contributed by atoms with E-state index in [1.807, 2.05) is 54.6 Å². The van der Waals surface area contributed by atoms with Gasteiger partial charge in [0.1, 0.15) is 22.8 Å². The number of anilines is 2. The Morgan fingerprint density at radius 2 is 1.73 bits per heavy atom. The first kappa shape index (κ1) is 27.8. The Bertz CT molecular complexity index is 1790. The molecule has 224 valence electrons. The Morgan fingerprint density at radius 3 is 2.50 bits per heavy atom. The van der Waals surface area contributed by atoms with E-state index in [-0.39, 0.29) is 17.7 Å². The average Bonchev–Trinajstić information content (AvgIpc) is 3.56. The van der Waals surface area contributed by atoms with Crippen molar-refractivity contribution in [3.05, 3.63) is 95.2 Å². The van der Waals surface area contributed by atoms with E-state index in [1.165, 1.54) is 0 Å². The van der Waals surface area contributed by atoms with Gasteiger partial charge < -0.3 is 29.5 Å². The fourth-order valence-electron chi connectivity index (χ4n) is 6.32. The summed E-state index contributed by atoms with van der Waals surface area (Å²) in [4.78, 5) is 41.6. The molecule has 1 unspecified atom stereocenters. The third kappa shape index (κ3) is 4.62. The highest BCUT2D eigenvalue weighted by Crippen LogP contribution is 2.50. The van der Waals surface area contributed by atoms with Crippen molar-refractivity contribution >= 4 is 29.1 Å². The summed E-state index contributed by atoms with van der Waals surface area (Å²) in [5.74, 6) is 0.301. The van der Waals surface area contributed by atoms with E-state index in [0.29, 0.717) is 60.1 Å². The Morgan fingerprint density at radius 1 is 1.00 bits per heavy atom. The molecule has 1 spiro atoms. The molecule has 1 atom stereocenters. The van der Waals surface area contributed by atoms with Crippen LogP contribution >= 0.6 is 0 Å². The largest absolute Gasteiger partial charge is 0.476 e. The number of ether oxygens (including phenoxy) is 2. The summed E-state index contributed by atoms with van der Waals surface area (Å²) in [5.41, 5.74) is 2.91. The van der Waals surface area contributed by atoms with E-state index >= 15 is 0 Å². The molecule has 3 aliphatic rings. The van der Waals surface area contributed by atoms with Crippen molar-refractivity contribution in [2.24, 2.45) is 0 Å². The molecule has 7 rings (SSSR count). The second-order valence-corrected chi connectivity index (χ2v) is 12.0. The Kier molecular flexibility index (Phi) is 6.55. The number of aromatic nitrogens is 1. The number of piperidine rings is 1. The van der Waals surface area contributed by atoms with Crippen LogP contribution in [0.5, 0.6) is 5.75 Å². The quantitative estimate of drug-likeness (QED) is 0.316. The van der Waals surface area contributed by atoms with Gasteiger partial charge in [0, 0.05) is 24.3 Å². The van der Waals surface area contributed by atoms with Crippen LogP contribution in [0.2, 0.25) is 0 Å². The van der Waals surface area contributed by atoms with Gasteiger partial charge in [-0.2, -0.15) is 0 Å². The van der Waals surface area contributed by atoms with E-state index in [1.54, 1.807) is 43.9 Å². The van der Waals surface area contributed by atoms with Crippen molar-refractivity contribution in [1.82, 2.24) is 10.1 Å². The highest BCUT2D eigenvalue weighted by atomic mass is 16.5. The zero-order valence-corrected chi connectivity index (χ0v) is 24.7. The minimum absolute atomic E-state index is 0.134. The molecule has 3 amide bonds. The van der Waals surface area contributed by atoms with Crippen LogP contribution in [0.1, 0.15) is 60.0 Å². The molecule has 4 heterocycles. The predicted octanol–water partition coefficient (Wildman–Crippen LogP) is 5.60. The predicted molar refractivity (Wildman–Crippen MR) is 162 cm³/mol. The highest BCUT2D eigenvalue weighted by Gasteiger charge is 2.49. The van der Waals surface area contributed by atoms with E-state index in [4.69, 9.17) is 14.0 Å². The van der Waals surface area contributed by atoms with Crippen molar-refractivity contribution in [1.29, 1.82) is 0 Å². The van der Waals surface area contributed by atoms with Crippen molar-refractivity contribution in [3.8, 4) is 17.0 Å². The zero-order valence-electron chi connectivity index (χ0n) is 24.7. The standard InChI is InChI=1S/C34H32N4O6/c1-20-27(28(37-44-20)21-9-5-4-6-10-21)31(40)38-17-15-34(16-18-38)24-12-8-7-11-23(24)29(43-34)30(39)35-22-13-14-26-25(19-22)36-32(41)33(2,3)42-26/h4-14,19,29H,15-18H2,1-3H3,(H,35,39)(H,36,41). The molecule has 44 heavy (non-hydrogen) atoms. The fourth-order valence-corrected chi connectivity index (χ4v) is 6.32. The minimum atomic E-state index is -0.980. The van der Waals surface area contributed by atoms with Gasteiger partial charge >= 0.3 is 0 Å². The van der Waals surface area contributed by atoms with E-state index in [9.17, 15) is 14.4 Å². The van der Waals surface area contributed by atoms with E-state index in [0.717, 1.165) is 16.7 Å². The number of likely N-dealkylation sites (tertiary alicyclic amines) is 1. The number of nitrogens with zero attached hydrogens (tertiary/aromatic N) is 2. The van der Waals surface area contributed by atoms with Crippen molar-refractivity contribution in [2.75, 3.05) is 23.7 Å². The zero-order chi connectivity index (χ0) is 30.6. The van der Waals surface area contributed by atoms with Crippen LogP contribution in [-0.2, 0) is 19.9 Å². The molecule has 1 saturated heterocycles. The van der Waals surface area contributed by atoms with Crippen LogP contribution in [0.15, 0.2) is 77.3 Å². The van der Waals surface area contributed by atoms with Crippen molar-refractivity contribution in [2.45, 2.75) is 50.9 Å². The first-order valence-electron chi connectivity index (χ1n) is 14.7. The lowest BCUT2D eigenvalue weighted by atomic mass is 9.83. The molecular formula is C34H32N4O6. The molecular weight excluding hydrogens is 560 g/mol. The fraction of sp³-hybridized carbons (Fsp3) is 0.294. The molecule has 0 saturated carbocycles. The van der Waals surface area contributed by atoms with Crippen molar-refractivity contribution < 1.29 is 28.4 Å². The maximum Gasteiger partial charge on any atom is 0.268 e. The van der Waals surface area contributed by atoms with Gasteiger partial charge in [0.05, 0.1) is 11.3 Å². The number of fused-ring (bicyclic) bond motifs is 3. The molecule has 2 N–H and O–H groups in total. The van der Waals surface area contributed by atoms with Gasteiger partial charge in [-0.25, -0.2) is 0 Å². The highest BCUT2D eigenvalue weighted by molar-refractivity contribution is 6.02. The summed E-state index contributed by atoms with van der Waals surface area (Å²) in [6.07, 6.45) is 0.227. The number of nitrogens with one attached hydrogen (secondary N) is 2. The molecule has 0 bridgehead atoms. The van der Waals surface area contributed by atoms with Crippen LogP contribution in [-0.4, -0.2) is 46.5 Å². The number of hydrogen-bond acceptors (Lipinski definition) is 7. The van der Waals surface area contributed by atoms with Gasteiger partial charge in [-0.05, 0) is 62.9 Å². The first-order valence-corrected chi connectivity index (χ1v) is 14.7. The molecule has 3 aliphatic heterocycles. The summed E-state index contributed by atoms with van der Waals surface area (Å²) in [6.45, 7) is 6.04. The van der Waals surface area contributed by atoms with Gasteiger partial charge in [0.15, 0.2) is 11.7 Å². The lowest BCUT2D eigenvalue weighted by Crippen LogP contribution is -2.45. The number of amides is 3. The second kappa shape index (κ2) is 10.3.